The number of fused-ring (bicyclic) bond motifs is 1. The molecule has 1 atom stereocenters. The number of halogens is 2. The van der Waals surface area contributed by atoms with Gasteiger partial charge >= 0.3 is 6.61 Å². The second kappa shape index (κ2) is 9.49. The fourth-order valence-electron chi connectivity index (χ4n) is 4.63. The van der Waals surface area contributed by atoms with Crippen molar-refractivity contribution < 1.29 is 37.8 Å². The van der Waals surface area contributed by atoms with Crippen LogP contribution >= 0.6 is 0 Å². The molecule has 2 aromatic carbocycles. The Balaban J connectivity index is 1.74. The molecule has 2 aliphatic rings. The summed E-state index contributed by atoms with van der Waals surface area (Å²) in [5.41, 5.74) is 8.36. The van der Waals surface area contributed by atoms with Crippen LogP contribution in [0.4, 0.5) is 8.78 Å². The summed E-state index contributed by atoms with van der Waals surface area (Å²) < 4.78 is 35.6. The van der Waals surface area contributed by atoms with Gasteiger partial charge in [0.25, 0.3) is 5.91 Å². The Hall–Kier alpha value is -3.73. The summed E-state index contributed by atoms with van der Waals surface area (Å²) in [5, 5.41) is 9.13. The topological polar surface area (TPSA) is 131 Å². The summed E-state index contributed by atoms with van der Waals surface area (Å²) in [6.07, 6.45) is 0.782. The molecule has 1 heterocycles. The first-order chi connectivity index (χ1) is 16.7. The number of rotatable bonds is 10. The number of hydroxylamine groups is 1. The van der Waals surface area contributed by atoms with Crippen LogP contribution in [0.25, 0.3) is 0 Å². The molecule has 186 valence electrons. The van der Waals surface area contributed by atoms with Gasteiger partial charge in [-0.1, -0.05) is 24.3 Å². The van der Waals surface area contributed by atoms with Gasteiger partial charge in [0.05, 0.1) is 24.5 Å². The van der Waals surface area contributed by atoms with E-state index in [1.54, 1.807) is 30.6 Å². The van der Waals surface area contributed by atoms with Crippen molar-refractivity contribution in [3.63, 3.8) is 0 Å². The highest BCUT2D eigenvalue weighted by Crippen LogP contribution is 2.51. The second-order valence-corrected chi connectivity index (χ2v) is 8.49. The molecule has 1 aliphatic carbocycles. The van der Waals surface area contributed by atoms with Crippen LogP contribution in [-0.2, 0) is 21.5 Å². The second-order valence-electron chi connectivity index (χ2n) is 8.49. The molecule has 1 fully saturated rings. The molecular formula is C24H25F2N3O6. The van der Waals surface area contributed by atoms with E-state index in [1.165, 1.54) is 23.1 Å². The van der Waals surface area contributed by atoms with Gasteiger partial charge in [-0.2, -0.15) is 8.78 Å². The number of ether oxygens (including phenoxy) is 2. The summed E-state index contributed by atoms with van der Waals surface area (Å²) in [6.45, 7) is -1.09. The van der Waals surface area contributed by atoms with Crippen LogP contribution in [0, 0.1) is 0 Å². The van der Waals surface area contributed by atoms with Crippen molar-refractivity contribution in [2.45, 2.75) is 50.8 Å². The maximum atomic E-state index is 13.6. The van der Waals surface area contributed by atoms with E-state index in [2.05, 4.69) is 4.74 Å². The van der Waals surface area contributed by atoms with Gasteiger partial charge in [0.2, 0.25) is 11.8 Å². The lowest BCUT2D eigenvalue weighted by Gasteiger charge is -2.28. The van der Waals surface area contributed by atoms with Crippen LogP contribution in [0.15, 0.2) is 36.4 Å². The third kappa shape index (κ3) is 4.51. The van der Waals surface area contributed by atoms with E-state index in [4.69, 9.17) is 15.7 Å². The SMILES string of the molecule is CCOc1cc(C(CC(=O)NO)N2Cc3cccc(C4(C(N)=O)CC4)c3C2=O)ccc1OC(F)F. The van der Waals surface area contributed by atoms with Gasteiger partial charge in [-0.3, -0.25) is 19.6 Å². The van der Waals surface area contributed by atoms with Crippen molar-refractivity contribution in [1.82, 2.24) is 10.4 Å². The molecule has 0 aromatic heterocycles. The number of carbonyl (C=O) groups is 3. The van der Waals surface area contributed by atoms with E-state index in [-0.39, 0.29) is 31.1 Å². The zero-order valence-corrected chi connectivity index (χ0v) is 18.9. The van der Waals surface area contributed by atoms with E-state index >= 15 is 0 Å². The van der Waals surface area contributed by atoms with E-state index in [0.717, 1.165) is 0 Å². The normalized spacial score (nSPS) is 16.6. The molecule has 0 radical (unpaired) electrons. The van der Waals surface area contributed by atoms with Crippen LogP contribution < -0.4 is 20.7 Å². The molecule has 1 unspecified atom stereocenters. The molecule has 4 rings (SSSR count). The van der Waals surface area contributed by atoms with Crippen LogP contribution in [0.3, 0.4) is 0 Å². The number of amides is 3. The number of hydrogen-bond acceptors (Lipinski definition) is 6. The summed E-state index contributed by atoms with van der Waals surface area (Å²) in [4.78, 5) is 39.4. The van der Waals surface area contributed by atoms with Gasteiger partial charge in [0.15, 0.2) is 11.5 Å². The molecule has 0 saturated heterocycles. The predicted molar refractivity (Wildman–Crippen MR) is 118 cm³/mol. The maximum absolute atomic E-state index is 13.6. The Kier molecular flexibility index (Phi) is 6.62. The van der Waals surface area contributed by atoms with Crippen molar-refractivity contribution in [3.05, 3.63) is 58.7 Å². The molecule has 35 heavy (non-hydrogen) atoms. The van der Waals surface area contributed by atoms with Crippen molar-refractivity contribution in [1.29, 1.82) is 0 Å². The number of carbonyl (C=O) groups excluding carboxylic acids is 3. The zero-order valence-electron chi connectivity index (χ0n) is 18.9. The Morgan fingerprint density at radius 3 is 2.57 bits per heavy atom. The summed E-state index contributed by atoms with van der Waals surface area (Å²) >= 11 is 0. The molecule has 0 spiro atoms. The fraction of sp³-hybridized carbons (Fsp3) is 0.375. The van der Waals surface area contributed by atoms with Gasteiger partial charge in [0.1, 0.15) is 0 Å². The van der Waals surface area contributed by atoms with Crippen molar-refractivity contribution in [2.75, 3.05) is 6.61 Å². The maximum Gasteiger partial charge on any atom is 0.387 e. The van der Waals surface area contributed by atoms with E-state index in [9.17, 15) is 23.2 Å². The lowest BCUT2D eigenvalue weighted by molar-refractivity contribution is -0.130. The molecule has 3 amide bonds. The number of nitrogens with two attached hydrogens (primary N) is 1. The minimum atomic E-state index is -3.07. The number of hydrogen-bond donors (Lipinski definition) is 3. The first-order valence-electron chi connectivity index (χ1n) is 11.1. The van der Waals surface area contributed by atoms with Crippen molar-refractivity contribution in [3.8, 4) is 11.5 Å². The predicted octanol–water partition coefficient (Wildman–Crippen LogP) is 2.80. The molecule has 2 aromatic rings. The molecule has 1 aliphatic heterocycles. The average Bonchev–Trinajstić information content (AvgIpc) is 3.57. The smallest absolute Gasteiger partial charge is 0.387 e. The van der Waals surface area contributed by atoms with Crippen LogP contribution in [0.1, 0.15) is 59.3 Å². The first-order valence-corrected chi connectivity index (χ1v) is 11.1. The highest BCUT2D eigenvalue weighted by Gasteiger charge is 2.53. The highest BCUT2D eigenvalue weighted by molar-refractivity contribution is 6.03. The number of nitrogens with zero attached hydrogens (tertiary/aromatic N) is 1. The van der Waals surface area contributed by atoms with Crippen LogP contribution in [-0.4, -0.2) is 41.0 Å². The van der Waals surface area contributed by atoms with Gasteiger partial charge < -0.3 is 20.1 Å². The van der Waals surface area contributed by atoms with E-state index < -0.39 is 35.8 Å². The molecule has 4 N–H and O–H groups in total. The fourth-order valence-corrected chi connectivity index (χ4v) is 4.63. The van der Waals surface area contributed by atoms with E-state index in [0.29, 0.717) is 35.1 Å². The first kappa shape index (κ1) is 24.4. The molecule has 11 heteroatoms. The lowest BCUT2D eigenvalue weighted by Crippen LogP contribution is -2.34. The monoisotopic (exact) mass is 489 g/mol. The molecule has 9 nitrogen and oxygen atoms in total. The Labute approximate surface area is 199 Å². The number of benzene rings is 2. The average molecular weight is 489 g/mol. The Morgan fingerprint density at radius 1 is 1.23 bits per heavy atom. The van der Waals surface area contributed by atoms with Gasteiger partial charge in [0, 0.05) is 12.1 Å². The van der Waals surface area contributed by atoms with E-state index in [1.807, 2.05) is 0 Å². The molecule has 0 bridgehead atoms. The Morgan fingerprint density at radius 2 is 1.97 bits per heavy atom. The van der Waals surface area contributed by atoms with Crippen LogP contribution in [0.2, 0.25) is 0 Å². The van der Waals surface area contributed by atoms with Gasteiger partial charge in [-0.05, 0) is 48.6 Å². The van der Waals surface area contributed by atoms with Crippen LogP contribution in [0.5, 0.6) is 11.5 Å². The Bertz CT molecular complexity index is 1170. The summed E-state index contributed by atoms with van der Waals surface area (Å²) in [5.74, 6) is -1.81. The molecule has 1 saturated carbocycles. The van der Waals surface area contributed by atoms with Gasteiger partial charge in [-0.15, -0.1) is 0 Å². The largest absolute Gasteiger partial charge is 0.490 e. The van der Waals surface area contributed by atoms with Crippen molar-refractivity contribution >= 4 is 17.7 Å². The standard InChI is InChI=1S/C24H25F2N3O6/c1-2-34-18-10-13(6-7-17(18)35-23(25)26)16(11-19(30)28-33)29-12-14-4-3-5-15(20(14)21(29)31)24(8-9-24)22(27)32/h3-7,10,16,23,33H,2,8-9,11-12H2,1H3,(H2,27,32)(H,28,30). The number of primary amides is 1. The lowest BCUT2D eigenvalue weighted by atomic mass is 9.89. The van der Waals surface area contributed by atoms with Gasteiger partial charge in [-0.25, -0.2) is 5.48 Å². The summed E-state index contributed by atoms with van der Waals surface area (Å²) in [6, 6.07) is 8.53. The van der Waals surface area contributed by atoms with Crippen molar-refractivity contribution in [2.24, 2.45) is 5.73 Å². The third-order valence-electron chi connectivity index (χ3n) is 6.45. The minimum Gasteiger partial charge on any atom is -0.490 e. The molecular weight excluding hydrogens is 464 g/mol. The number of alkyl halides is 2. The third-order valence-corrected chi connectivity index (χ3v) is 6.45. The summed E-state index contributed by atoms with van der Waals surface area (Å²) in [7, 11) is 0. The number of nitrogens with one attached hydrogen (secondary N) is 1. The zero-order chi connectivity index (χ0) is 25.3. The minimum absolute atomic E-state index is 0.0233. The highest BCUT2D eigenvalue weighted by atomic mass is 19.3. The quantitative estimate of drug-likeness (QED) is 0.348.